The van der Waals surface area contributed by atoms with Crippen LogP contribution in [0.2, 0.25) is 0 Å². The number of primary amides is 1. The zero-order chi connectivity index (χ0) is 21.3. The summed E-state index contributed by atoms with van der Waals surface area (Å²) in [5.74, 6) is -3.33. The van der Waals surface area contributed by atoms with E-state index in [9.17, 15) is 29.9 Å². The van der Waals surface area contributed by atoms with Crippen LogP contribution < -0.4 is 15.4 Å². The van der Waals surface area contributed by atoms with Crippen molar-refractivity contribution in [2.24, 2.45) is 17.6 Å². The molecule has 0 radical (unpaired) electrons. The highest BCUT2D eigenvalue weighted by Crippen LogP contribution is 2.49. The minimum atomic E-state index is -1.46. The molecule has 0 bridgehead atoms. The number of rotatable bonds is 8. The molecule has 0 unspecified atom stereocenters. The lowest BCUT2D eigenvalue weighted by Crippen LogP contribution is -2.64. The average molecular weight is 416 g/mol. The number of hydrogen-bond donors (Lipinski definition) is 2. The first-order chi connectivity index (χ1) is 13.8. The number of fused-ring (bicyclic) bond motifs is 1. The summed E-state index contributed by atoms with van der Waals surface area (Å²) in [5, 5.41) is 30.9. The number of pyridine rings is 1. The predicted molar refractivity (Wildman–Crippen MR) is 98.1 cm³/mol. The van der Waals surface area contributed by atoms with E-state index in [1.54, 1.807) is 29.1 Å². The topological polar surface area (TPSA) is 151 Å². The van der Waals surface area contributed by atoms with Crippen LogP contribution in [-0.2, 0) is 20.9 Å². The summed E-state index contributed by atoms with van der Waals surface area (Å²) in [7, 11) is 0. The Kier molecular flexibility index (Phi) is 5.91. The van der Waals surface area contributed by atoms with E-state index in [1.165, 1.54) is 18.7 Å². The zero-order valence-corrected chi connectivity index (χ0v) is 16.5. The second-order valence-corrected chi connectivity index (χ2v) is 8.11. The molecular weight excluding hydrogens is 396 g/mol. The highest BCUT2D eigenvalue weighted by molar-refractivity contribution is 7.99. The van der Waals surface area contributed by atoms with Gasteiger partial charge in [0.25, 0.3) is 5.91 Å². The summed E-state index contributed by atoms with van der Waals surface area (Å²) in [5.41, 5.74) is 5.43. The molecule has 1 aromatic heterocycles. The van der Waals surface area contributed by atoms with Crippen LogP contribution in [0.25, 0.3) is 0 Å². The van der Waals surface area contributed by atoms with Crippen LogP contribution in [0.5, 0.6) is 0 Å². The molecule has 1 fully saturated rings. The number of carboxylic acid groups (broad SMARTS) is 1. The Morgan fingerprint density at radius 3 is 2.62 bits per heavy atom. The fraction of sp³-hybridized carbons (Fsp3) is 0.421. The monoisotopic (exact) mass is 416 g/mol. The molecule has 9 nitrogen and oxygen atoms in total. The first-order valence-corrected chi connectivity index (χ1v) is 9.97. The van der Waals surface area contributed by atoms with Crippen LogP contribution in [0.1, 0.15) is 13.3 Å². The number of carbonyl (C=O) groups is 3. The van der Waals surface area contributed by atoms with Gasteiger partial charge >= 0.3 is 0 Å². The molecule has 10 heteroatoms. The van der Waals surface area contributed by atoms with Crippen LogP contribution in [0.4, 0.5) is 0 Å². The summed E-state index contributed by atoms with van der Waals surface area (Å²) in [6.45, 7) is 1.54. The second-order valence-electron chi connectivity index (χ2n) is 7.06. The molecule has 152 valence electrons. The van der Waals surface area contributed by atoms with Gasteiger partial charge in [-0.15, -0.1) is 11.8 Å². The lowest BCUT2D eigenvalue weighted by Gasteiger charge is -2.47. The largest absolute Gasteiger partial charge is 0.543 e. The lowest BCUT2D eigenvalue weighted by atomic mass is 9.76. The maximum absolute atomic E-state index is 12.4. The van der Waals surface area contributed by atoms with E-state index in [2.05, 4.69) is 6.07 Å². The molecule has 4 atom stereocenters. The smallest absolute Gasteiger partial charge is 0.283 e. The average Bonchev–Trinajstić information content (AvgIpc) is 2.91. The van der Waals surface area contributed by atoms with Crippen molar-refractivity contribution in [2.75, 3.05) is 5.75 Å². The van der Waals surface area contributed by atoms with Crippen molar-refractivity contribution in [2.45, 2.75) is 36.9 Å². The maximum Gasteiger partial charge on any atom is 0.283 e. The van der Waals surface area contributed by atoms with Crippen molar-refractivity contribution in [3.8, 4) is 6.07 Å². The number of carboxylic acids is 1. The number of aliphatic hydroxyl groups excluding tert-OH is 1. The number of aliphatic hydroxyl groups is 1. The number of hydrogen-bond acceptors (Lipinski definition) is 7. The fourth-order valence-electron chi connectivity index (χ4n) is 3.98. The van der Waals surface area contributed by atoms with Crippen LogP contribution in [0, 0.1) is 23.2 Å². The van der Waals surface area contributed by atoms with Crippen molar-refractivity contribution in [3.63, 3.8) is 0 Å². The number of nitriles is 1. The normalized spacial score (nSPS) is 24.0. The summed E-state index contributed by atoms with van der Waals surface area (Å²) < 4.78 is 1.62. The predicted octanol–water partition coefficient (Wildman–Crippen LogP) is -1.69. The molecule has 2 aliphatic heterocycles. The number of aliphatic carboxylic acids is 1. The van der Waals surface area contributed by atoms with E-state index < -0.39 is 41.8 Å². The number of amides is 2. The molecule has 0 saturated carbocycles. The Morgan fingerprint density at radius 2 is 2.10 bits per heavy atom. The van der Waals surface area contributed by atoms with E-state index in [0.717, 1.165) is 9.80 Å². The Labute approximate surface area is 171 Å². The molecule has 0 aliphatic carbocycles. The Balaban J connectivity index is 1.84. The first kappa shape index (κ1) is 20.8. The quantitative estimate of drug-likeness (QED) is 0.291. The third kappa shape index (κ3) is 3.83. The van der Waals surface area contributed by atoms with Crippen molar-refractivity contribution in [1.29, 1.82) is 5.26 Å². The fourth-order valence-corrected chi connectivity index (χ4v) is 4.97. The van der Waals surface area contributed by atoms with Gasteiger partial charge in [-0.05, 0) is 12.5 Å². The number of aromatic nitrogens is 1. The molecule has 3 N–H and O–H groups in total. The van der Waals surface area contributed by atoms with Gasteiger partial charge in [-0.25, -0.2) is 0 Å². The van der Waals surface area contributed by atoms with E-state index in [0.29, 0.717) is 5.57 Å². The molecule has 0 aromatic carbocycles. The Hall–Kier alpha value is -2.90. The van der Waals surface area contributed by atoms with Gasteiger partial charge in [0, 0.05) is 35.1 Å². The van der Waals surface area contributed by atoms with E-state index in [4.69, 9.17) is 5.73 Å². The molecule has 2 aliphatic rings. The number of thioether (sulfide) groups is 1. The summed E-state index contributed by atoms with van der Waals surface area (Å²) in [6.07, 6.45) is 2.47. The number of β-lactam (4-membered cyclic amide) rings is 1. The summed E-state index contributed by atoms with van der Waals surface area (Å²) in [6, 6.07) is 5.04. The van der Waals surface area contributed by atoms with E-state index >= 15 is 0 Å². The van der Waals surface area contributed by atoms with Gasteiger partial charge in [-0.1, -0.05) is 0 Å². The minimum absolute atomic E-state index is 0.0394. The zero-order valence-electron chi connectivity index (χ0n) is 15.6. The molecule has 1 aromatic rings. The van der Waals surface area contributed by atoms with Crippen molar-refractivity contribution in [3.05, 3.63) is 35.8 Å². The minimum Gasteiger partial charge on any atom is -0.543 e. The third-order valence-corrected chi connectivity index (χ3v) is 6.27. The van der Waals surface area contributed by atoms with E-state index in [1.807, 2.05) is 0 Å². The summed E-state index contributed by atoms with van der Waals surface area (Å²) >= 11 is 1.35. The van der Waals surface area contributed by atoms with Gasteiger partial charge in [0.2, 0.25) is 12.5 Å². The van der Waals surface area contributed by atoms with Crippen molar-refractivity contribution < 1.29 is 29.2 Å². The molecule has 3 rings (SSSR count). The van der Waals surface area contributed by atoms with Gasteiger partial charge in [0.1, 0.15) is 0 Å². The van der Waals surface area contributed by atoms with E-state index in [-0.39, 0.29) is 24.4 Å². The standard InChI is InChI=1S/C19H20N4O5S/c1-10(24)15-16-12(2-5-20)13(17(19(27)28)23(16)18(15)26)9-29-11-3-6-22(7-4-11)8-14(21)25/h3-4,6-7,10,12,15-16,24H,2,8-9H2,1H3,(H2-,21,25,27,28)/t10-,12+,15-,16+/m1/s1. The molecular formula is C19H20N4O5S. The second kappa shape index (κ2) is 8.23. The Morgan fingerprint density at radius 1 is 1.45 bits per heavy atom. The maximum atomic E-state index is 12.4. The molecule has 3 heterocycles. The molecule has 2 amide bonds. The van der Waals surface area contributed by atoms with Crippen LogP contribution >= 0.6 is 11.8 Å². The molecule has 0 spiro atoms. The first-order valence-electron chi connectivity index (χ1n) is 8.99. The highest BCUT2D eigenvalue weighted by atomic mass is 32.2. The van der Waals surface area contributed by atoms with Crippen LogP contribution in [0.3, 0.4) is 0 Å². The van der Waals surface area contributed by atoms with Crippen LogP contribution in [-0.4, -0.2) is 45.7 Å². The van der Waals surface area contributed by atoms with Gasteiger partial charge in [0.15, 0.2) is 12.4 Å². The van der Waals surface area contributed by atoms with Crippen LogP contribution in [0.15, 0.2) is 40.7 Å². The number of nitrogens with two attached hydrogens (primary N) is 1. The molecule has 29 heavy (non-hydrogen) atoms. The molecule has 1 saturated heterocycles. The Bertz CT molecular complexity index is 922. The van der Waals surface area contributed by atoms with Gasteiger partial charge in [-0.2, -0.15) is 9.83 Å². The summed E-state index contributed by atoms with van der Waals surface area (Å²) in [4.78, 5) is 37.1. The third-order valence-electron chi connectivity index (χ3n) is 5.21. The highest BCUT2D eigenvalue weighted by Gasteiger charge is 2.59. The number of nitrogens with zero attached hydrogens (tertiary/aromatic N) is 3. The SMILES string of the molecule is C[C@@H](O)[C@H]1C(=O)N2C(C(=O)[O-])=C(CSc3cc[n+](CC(N)=O)cc3)[C@H](CC#N)[C@@H]12. The van der Waals surface area contributed by atoms with Gasteiger partial charge < -0.3 is 25.6 Å². The van der Waals surface area contributed by atoms with Gasteiger partial charge in [0.05, 0.1) is 35.8 Å². The lowest BCUT2D eigenvalue weighted by molar-refractivity contribution is -0.684. The van der Waals surface area contributed by atoms with Crippen molar-refractivity contribution >= 4 is 29.5 Å². The van der Waals surface area contributed by atoms with Gasteiger partial charge in [-0.3, -0.25) is 9.59 Å². The van der Waals surface area contributed by atoms with Crippen molar-refractivity contribution in [1.82, 2.24) is 4.90 Å². The number of carbonyl (C=O) groups excluding carboxylic acids is 3.